The molecular weight excluding hydrogens is 274 g/mol. The molecule has 4 aliphatic rings. The Morgan fingerprint density at radius 1 is 1.36 bits per heavy atom. The van der Waals surface area contributed by atoms with Gasteiger partial charge in [-0.15, -0.1) is 0 Å². The van der Waals surface area contributed by atoms with Crippen LogP contribution in [0.1, 0.15) is 46.5 Å². The van der Waals surface area contributed by atoms with Crippen LogP contribution in [0.2, 0.25) is 0 Å². The van der Waals surface area contributed by atoms with Crippen LogP contribution in [0.4, 0.5) is 0 Å². The van der Waals surface area contributed by atoms with E-state index in [1.54, 1.807) is 0 Å². The smallest absolute Gasteiger partial charge is 0.202 e. The van der Waals surface area contributed by atoms with Crippen molar-refractivity contribution in [2.75, 3.05) is 6.61 Å². The summed E-state index contributed by atoms with van der Waals surface area (Å²) in [5.41, 5.74) is 0.710. The zero-order valence-electron chi connectivity index (χ0n) is 13.9. The minimum Gasteiger partial charge on any atom is -0.351 e. The van der Waals surface area contributed by atoms with Crippen molar-refractivity contribution in [2.24, 2.45) is 23.2 Å². The monoisotopic (exact) mass is 301 g/mol. The maximum Gasteiger partial charge on any atom is 0.202 e. The van der Waals surface area contributed by atoms with E-state index in [0.717, 1.165) is 12.8 Å². The summed E-state index contributed by atoms with van der Waals surface area (Å²) in [6, 6.07) is 0.236. The molecule has 3 heteroatoms. The number of hydrogen-bond donors (Lipinski definition) is 1. The van der Waals surface area contributed by atoms with E-state index in [2.05, 4.69) is 38.2 Å². The molecule has 120 valence electrons. The van der Waals surface area contributed by atoms with Crippen molar-refractivity contribution >= 4 is 5.78 Å². The molecule has 3 nitrogen and oxygen atoms in total. The van der Waals surface area contributed by atoms with Crippen molar-refractivity contribution in [2.45, 2.75) is 58.2 Å². The average Bonchev–Trinajstić information content (AvgIpc) is 2.92. The first-order chi connectivity index (χ1) is 10.4. The first-order valence-corrected chi connectivity index (χ1v) is 8.75. The van der Waals surface area contributed by atoms with Crippen molar-refractivity contribution in [3.05, 3.63) is 23.8 Å². The third kappa shape index (κ3) is 1.98. The fourth-order valence-electron chi connectivity index (χ4n) is 4.91. The van der Waals surface area contributed by atoms with E-state index >= 15 is 0 Å². The van der Waals surface area contributed by atoms with E-state index in [4.69, 9.17) is 4.74 Å². The van der Waals surface area contributed by atoms with Gasteiger partial charge in [0, 0.05) is 12.0 Å². The largest absolute Gasteiger partial charge is 0.351 e. The van der Waals surface area contributed by atoms with Crippen molar-refractivity contribution in [1.29, 1.82) is 0 Å². The van der Waals surface area contributed by atoms with Crippen LogP contribution in [0.25, 0.3) is 0 Å². The molecule has 0 amide bonds. The van der Waals surface area contributed by atoms with Crippen LogP contribution in [0.5, 0.6) is 0 Å². The molecule has 0 bridgehead atoms. The SMILES string of the molecule is CC(C)(C)[C@H]1CO[C@]2(N1)C(=O)C=C1CCC[C@@H]3C=CC[C@H]2[C@H]13. The van der Waals surface area contributed by atoms with E-state index < -0.39 is 5.72 Å². The van der Waals surface area contributed by atoms with Crippen LogP contribution >= 0.6 is 0 Å². The minimum atomic E-state index is -0.771. The molecule has 2 fully saturated rings. The van der Waals surface area contributed by atoms with Crippen LogP contribution in [0.15, 0.2) is 23.8 Å². The van der Waals surface area contributed by atoms with Gasteiger partial charge in [-0.05, 0) is 49.0 Å². The second kappa shape index (κ2) is 4.78. The van der Waals surface area contributed by atoms with Crippen molar-refractivity contribution in [3.8, 4) is 0 Å². The van der Waals surface area contributed by atoms with Crippen LogP contribution in [0, 0.1) is 23.2 Å². The first-order valence-electron chi connectivity index (χ1n) is 8.75. The van der Waals surface area contributed by atoms with Gasteiger partial charge in [0.15, 0.2) is 5.72 Å². The molecule has 22 heavy (non-hydrogen) atoms. The zero-order chi connectivity index (χ0) is 15.5. The summed E-state index contributed by atoms with van der Waals surface area (Å²) in [7, 11) is 0. The van der Waals surface area contributed by atoms with Gasteiger partial charge in [0.1, 0.15) is 0 Å². The molecule has 0 aromatic rings. The second-order valence-corrected chi connectivity index (χ2v) is 8.55. The molecule has 0 unspecified atom stereocenters. The van der Waals surface area contributed by atoms with Crippen LogP contribution in [-0.4, -0.2) is 24.2 Å². The number of ketones is 1. The number of carbonyl (C=O) groups excluding carboxylic acids is 1. The molecule has 1 heterocycles. The maximum absolute atomic E-state index is 13.0. The van der Waals surface area contributed by atoms with E-state index in [0.29, 0.717) is 18.4 Å². The van der Waals surface area contributed by atoms with Crippen LogP contribution < -0.4 is 5.32 Å². The number of carbonyl (C=O) groups is 1. The summed E-state index contributed by atoms with van der Waals surface area (Å²) in [5.74, 6) is 1.53. The van der Waals surface area contributed by atoms with Gasteiger partial charge < -0.3 is 4.74 Å². The lowest BCUT2D eigenvalue weighted by Gasteiger charge is -2.49. The lowest BCUT2D eigenvalue weighted by atomic mass is 9.59. The van der Waals surface area contributed by atoms with Gasteiger partial charge in [0.05, 0.1) is 6.61 Å². The number of ether oxygens (including phenoxy) is 1. The molecular formula is C19H27NO2. The summed E-state index contributed by atoms with van der Waals surface area (Å²) in [5, 5.41) is 3.63. The fraction of sp³-hybridized carbons (Fsp3) is 0.737. The Morgan fingerprint density at radius 2 is 2.18 bits per heavy atom. The normalized spacial score (nSPS) is 44.1. The standard InChI is InChI=1S/C19H27NO2/c1-18(2,3)15-11-22-19(20-15)14-9-5-7-12-6-4-8-13(17(12)14)10-16(19)21/h5,7,10,12,14-15,17,20H,4,6,8-9,11H2,1-3H3/t12-,14+,15-,17+,19+/m1/s1. The summed E-state index contributed by atoms with van der Waals surface area (Å²) in [4.78, 5) is 13.0. The van der Waals surface area contributed by atoms with Crippen molar-refractivity contribution in [3.63, 3.8) is 0 Å². The predicted octanol–water partition coefficient (Wildman–Crippen LogP) is 3.22. The summed E-state index contributed by atoms with van der Waals surface area (Å²) < 4.78 is 6.23. The zero-order valence-corrected chi connectivity index (χ0v) is 13.9. The molecule has 1 aliphatic heterocycles. The number of fused-ring (bicyclic) bond motifs is 1. The molecule has 5 atom stereocenters. The maximum atomic E-state index is 13.0. The average molecular weight is 301 g/mol. The van der Waals surface area contributed by atoms with Gasteiger partial charge in [0.2, 0.25) is 5.78 Å². The Kier molecular flexibility index (Phi) is 3.18. The Labute approximate surface area is 133 Å². The molecule has 0 aromatic carbocycles. The van der Waals surface area contributed by atoms with Gasteiger partial charge in [-0.2, -0.15) is 0 Å². The Hall–Kier alpha value is -0.930. The predicted molar refractivity (Wildman–Crippen MR) is 86.2 cm³/mol. The number of allylic oxidation sites excluding steroid dienone is 3. The van der Waals surface area contributed by atoms with E-state index in [1.165, 1.54) is 18.4 Å². The molecule has 0 radical (unpaired) electrons. The van der Waals surface area contributed by atoms with Crippen molar-refractivity contribution in [1.82, 2.24) is 5.32 Å². The lowest BCUT2D eigenvalue weighted by molar-refractivity contribution is -0.150. The highest BCUT2D eigenvalue weighted by Gasteiger charge is 2.59. The molecule has 4 rings (SSSR count). The lowest BCUT2D eigenvalue weighted by Crippen LogP contribution is -2.62. The van der Waals surface area contributed by atoms with E-state index in [1.807, 2.05) is 6.08 Å². The van der Waals surface area contributed by atoms with Gasteiger partial charge >= 0.3 is 0 Å². The summed E-state index contributed by atoms with van der Waals surface area (Å²) >= 11 is 0. The van der Waals surface area contributed by atoms with Crippen LogP contribution in [0.3, 0.4) is 0 Å². The molecule has 1 spiro atoms. The quantitative estimate of drug-likeness (QED) is 0.698. The molecule has 1 saturated heterocycles. The van der Waals surface area contributed by atoms with Crippen molar-refractivity contribution < 1.29 is 9.53 Å². The second-order valence-electron chi connectivity index (χ2n) is 8.55. The Bertz CT molecular complexity index is 556. The molecule has 1 N–H and O–H groups in total. The Morgan fingerprint density at radius 3 is 2.91 bits per heavy atom. The van der Waals surface area contributed by atoms with Gasteiger partial charge in [-0.1, -0.05) is 38.5 Å². The van der Waals surface area contributed by atoms with Gasteiger partial charge in [-0.25, -0.2) is 0 Å². The van der Waals surface area contributed by atoms with Gasteiger partial charge in [0.25, 0.3) is 0 Å². The third-order valence-corrected chi connectivity index (χ3v) is 6.22. The summed E-state index contributed by atoms with van der Waals surface area (Å²) in [6.07, 6.45) is 11.1. The number of nitrogens with one attached hydrogen (secondary N) is 1. The highest BCUT2D eigenvalue weighted by molar-refractivity contribution is 5.99. The molecule has 3 aliphatic carbocycles. The highest BCUT2D eigenvalue weighted by atomic mass is 16.5. The van der Waals surface area contributed by atoms with Crippen LogP contribution in [-0.2, 0) is 9.53 Å². The first kappa shape index (κ1) is 14.6. The third-order valence-electron chi connectivity index (χ3n) is 6.22. The van der Waals surface area contributed by atoms with Gasteiger partial charge in [-0.3, -0.25) is 10.1 Å². The Balaban J connectivity index is 1.73. The number of hydrogen-bond acceptors (Lipinski definition) is 3. The summed E-state index contributed by atoms with van der Waals surface area (Å²) in [6.45, 7) is 7.28. The fourth-order valence-corrected chi connectivity index (χ4v) is 4.91. The molecule has 0 aromatic heterocycles. The number of rotatable bonds is 0. The highest BCUT2D eigenvalue weighted by Crippen LogP contribution is 2.52. The topological polar surface area (TPSA) is 38.3 Å². The van der Waals surface area contributed by atoms with E-state index in [-0.39, 0.29) is 23.2 Å². The molecule has 1 saturated carbocycles. The van der Waals surface area contributed by atoms with E-state index in [9.17, 15) is 4.79 Å². The minimum absolute atomic E-state index is 0.101.